The van der Waals surface area contributed by atoms with Gasteiger partial charge in [0.15, 0.2) is 0 Å². The lowest BCUT2D eigenvalue weighted by molar-refractivity contribution is -0.114. The number of amides is 1. The van der Waals surface area contributed by atoms with Gasteiger partial charge in [-0.1, -0.05) is 34.1 Å². The number of hydrogen-bond acceptors (Lipinski definition) is 4. The monoisotopic (exact) mass is 401 g/mol. The Bertz CT molecular complexity index is 1010. The molecular formula is C19H16BrNO4. The van der Waals surface area contributed by atoms with Crippen LogP contribution in [-0.4, -0.2) is 5.91 Å². The Kier molecular flexibility index (Phi) is 4.90. The normalized spacial score (nSPS) is 10.7. The highest BCUT2D eigenvalue weighted by Gasteiger charge is 2.12. The molecule has 0 aliphatic carbocycles. The summed E-state index contributed by atoms with van der Waals surface area (Å²) in [5.74, 6) is 0.315. The molecule has 2 aromatic carbocycles. The molecule has 0 atom stereocenters. The SMILES string of the molecule is CC(=O)Nc1cc2ccc(OCc3ccccc3Br)c(C)c2oc1=O. The molecule has 0 saturated carbocycles. The van der Waals surface area contributed by atoms with Crippen LogP contribution >= 0.6 is 15.9 Å². The molecule has 0 saturated heterocycles. The van der Waals surface area contributed by atoms with Crippen molar-refractivity contribution in [1.29, 1.82) is 0 Å². The molecule has 0 radical (unpaired) electrons. The number of halogens is 1. The molecule has 0 unspecified atom stereocenters. The summed E-state index contributed by atoms with van der Waals surface area (Å²) in [6, 6.07) is 13.0. The molecule has 25 heavy (non-hydrogen) atoms. The zero-order valence-corrected chi connectivity index (χ0v) is 15.3. The lowest BCUT2D eigenvalue weighted by Gasteiger charge is -2.12. The minimum atomic E-state index is -0.589. The fraction of sp³-hybridized carbons (Fsp3) is 0.158. The number of benzene rings is 2. The Labute approximate surface area is 152 Å². The summed E-state index contributed by atoms with van der Waals surface area (Å²) in [7, 11) is 0. The third-order valence-corrected chi connectivity index (χ3v) is 4.53. The average molecular weight is 402 g/mol. The number of fused-ring (bicyclic) bond motifs is 1. The van der Waals surface area contributed by atoms with Gasteiger partial charge in [0.2, 0.25) is 5.91 Å². The van der Waals surface area contributed by atoms with Crippen molar-refractivity contribution in [2.75, 3.05) is 5.32 Å². The number of nitrogens with one attached hydrogen (secondary N) is 1. The van der Waals surface area contributed by atoms with Crippen LogP contribution in [0, 0.1) is 6.92 Å². The lowest BCUT2D eigenvalue weighted by atomic mass is 10.1. The first-order chi connectivity index (χ1) is 12.0. The highest BCUT2D eigenvalue weighted by Crippen LogP contribution is 2.29. The van der Waals surface area contributed by atoms with Crippen molar-refractivity contribution in [3.05, 3.63) is 68.5 Å². The van der Waals surface area contributed by atoms with Gasteiger partial charge in [-0.15, -0.1) is 0 Å². The van der Waals surface area contributed by atoms with E-state index in [2.05, 4.69) is 21.2 Å². The van der Waals surface area contributed by atoms with Gasteiger partial charge in [0.05, 0.1) is 0 Å². The Balaban J connectivity index is 1.93. The maximum Gasteiger partial charge on any atom is 0.360 e. The van der Waals surface area contributed by atoms with E-state index >= 15 is 0 Å². The maximum absolute atomic E-state index is 12.0. The molecule has 128 valence electrons. The summed E-state index contributed by atoms with van der Waals surface area (Å²) in [4.78, 5) is 23.2. The van der Waals surface area contributed by atoms with Crippen molar-refractivity contribution in [3.8, 4) is 5.75 Å². The third-order valence-electron chi connectivity index (χ3n) is 3.75. The number of hydrogen-bond donors (Lipinski definition) is 1. The van der Waals surface area contributed by atoms with E-state index in [0.717, 1.165) is 15.6 Å². The second kappa shape index (κ2) is 7.11. The summed E-state index contributed by atoms with van der Waals surface area (Å²) in [6.07, 6.45) is 0. The molecule has 6 heteroatoms. The van der Waals surface area contributed by atoms with Crippen LogP contribution in [-0.2, 0) is 11.4 Å². The van der Waals surface area contributed by atoms with Crippen LogP contribution in [0.15, 0.2) is 56.1 Å². The van der Waals surface area contributed by atoms with E-state index in [9.17, 15) is 9.59 Å². The smallest absolute Gasteiger partial charge is 0.360 e. The Morgan fingerprint density at radius 1 is 1.24 bits per heavy atom. The zero-order chi connectivity index (χ0) is 18.0. The molecule has 0 aliphatic rings. The standard InChI is InChI=1S/C19H16BrNO4/c1-11-17(24-10-14-5-3-4-6-15(14)20)8-7-13-9-16(21-12(2)22)19(23)25-18(11)13/h3-9H,10H2,1-2H3,(H,21,22). The molecule has 1 heterocycles. The van der Waals surface area contributed by atoms with Gasteiger partial charge >= 0.3 is 5.63 Å². The number of aryl methyl sites for hydroxylation is 1. The van der Waals surface area contributed by atoms with E-state index in [1.165, 1.54) is 6.92 Å². The van der Waals surface area contributed by atoms with E-state index in [1.54, 1.807) is 12.1 Å². The van der Waals surface area contributed by atoms with Crippen LogP contribution in [0.1, 0.15) is 18.1 Å². The fourth-order valence-corrected chi connectivity index (χ4v) is 2.91. The second-order valence-corrected chi connectivity index (χ2v) is 6.47. The van der Waals surface area contributed by atoms with Gasteiger partial charge in [0.25, 0.3) is 0 Å². The minimum Gasteiger partial charge on any atom is -0.488 e. The Morgan fingerprint density at radius 2 is 2.00 bits per heavy atom. The molecular weight excluding hydrogens is 386 g/mol. The Morgan fingerprint density at radius 3 is 2.72 bits per heavy atom. The molecule has 0 aliphatic heterocycles. The molecule has 1 aromatic heterocycles. The van der Waals surface area contributed by atoms with Crippen LogP contribution in [0.4, 0.5) is 5.69 Å². The number of carbonyl (C=O) groups excluding carboxylic acids is 1. The first-order valence-electron chi connectivity index (χ1n) is 7.67. The van der Waals surface area contributed by atoms with Crippen LogP contribution in [0.3, 0.4) is 0 Å². The number of rotatable bonds is 4. The highest BCUT2D eigenvalue weighted by molar-refractivity contribution is 9.10. The van der Waals surface area contributed by atoms with Crippen molar-refractivity contribution in [1.82, 2.24) is 0 Å². The van der Waals surface area contributed by atoms with Gasteiger partial charge in [-0.05, 0) is 31.2 Å². The second-order valence-electron chi connectivity index (χ2n) is 5.62. The van der Waals surface area contributed by atoms with Gasteiger partial charge < -0.3 is 14.5 Å². The fourth-order valence-electron chi connectivity index (χ4n) is 2.51. The maximum atomic E-state index is 12.0. The van der Waals surface area contributed by atoms with E-state index in [1.807, 2.05) is 37.3 Å². The molecule has 5 nitrogen and oxygen atoms in total. The summed E-state index contributed by atoms with van der Waals surface area (Å²) in [5.41, 5.74) is 1.74. The molecule has 1 amide bonds. The quantitative estimate of drug-likeness (QED) is 0.657. The van der Waals surface area contributed by atoms with Crippen molar-refractivity contribution < 1.29 is 13.9 Å². The van der Waals surface area contributed by atoms with Crippen molar-refractivity contribution in [2.45, 2.75) is 20.5 Å². The van der Waals surface area contributed by atoms with E-state index in [0.29, 0.717) is 23.3 Å². The molecule has 1 N–H and O–H groups in total. The first-order valence-corrected chi connectivity index (χ1v) is 8.46. The number of ether oxygens (including phenoxy) is 1. The number of carbonyl (C=O) groups is 1. The zero-order valence-electron chi connectivity index (χ0n) is 13.8. The summed E-state index contributed by atoms with van der Waals surface area (Å²) >= 11 is 3.49. The van der Waals surface area contributed by atoms with Crippen molar-refractivity contribution in [3.63, 3.8) is 0 Å². The van der Waals surface area contributed by atoms with E-state index in [-0.39, 0.29) is 11.6 Å². The molecule has 0 spiro atoms. The molecule has 0 fully saturated rings. The largest absolute Gasteiger partial charge is 0.488 e. The summed E-state index contributed by atoms with van der Waals surface area (Å²) < 4.78 is 12.2. The van der Waals surface area contributed by atoms with E-state index < -0.39 is 5.63 Å². The van der Waals surface area contributed by atoms with Gasteiger partial charge in [-0.2, -0.15) is 0 Å². The summed E-state index contributed by atoms with van der Waals surface area (Å²) in [6.45, 7) is 3.56. The van der Waals surface area contributed by atoms with Crippen molar-refractivity contribution >= 4 is 38.5 Å². The Hall–Kier alpha value is -2.60. The summed E-state index contributed by atoms with van der Waals surface area (Å²) in [5, 5.41) is 3.19. The van der Waals surface area contributed by atoms with Crippen molar-refractivity contribution in [2.24, 2.45) is 0 Å². The van der Waals surface area contributed by atoms with Gasteiger partial charge in [-0.25, -0.2) is 4.79 Å². The van der Waals surface area contributed by atoms with E-state index in [4.69, 9.17) is 9.15 Å². The predicted octanol–water partition coefficient (Wildman–Crippen LogP) is 4.40. The average Bonchev–Trinajstić information content (AvgIpc) is 2.57. The van der Waals surface area contributed by atoms with Gasteiger partial charge in [-0.3, -0.25) is 4.79 Å². The lowest BCUT2D eigenvalue weighted by Crippen LogP contribution is -2.14. The number of anilines is 1. The van der Waals surface area contributed by atoms with Gasteiger partial charge in [0.1, 0.15) is 23.6 Å². The first kappa shape index (κ1) is 17.2. The van der Waals surface area contributed by atoms with Crippen LogP contribution in [0.2, 0.25) is 0 Å². The predicted molar refractivity (Wildman–Crippen MR) is 100.0 cm³/mol. The van der Waals surface area contributed by atoms with Crippen LogP contribution in [0.5, 0.6) is 5.75 Å². The van der Waals surface area contributed by atoms with Gasteiger partial charge in [0, 0.05) is 27.9 Å². The molecule has 3 aromatic rings. The third kappa shape index (κ3) is 3.74. The highest BCUT2D eigenvalue weighted by atomic mass is 79.9. The van der Waals surface area contributed by atoms with Crippen LogP contribution < -0.4 is 15.7 Å². The topological polar surface area (TPSA) is 68.5 Å². The molecule has 3 rings (SSSR count). The molecule has 0 bridgehead atoms. The van der Waals surface area contributed by atoms with Crippen LogP contribution in [0.25, 0.3) is 11.0 Å². The minimum absolute atomic E-state index is 0.126.